The standard InChI is InChI=1S/C10H12N2O.C8H11NO3/c11-4-3-7-6-12-10-2-1-8(13)5-9(7)10;9-4-8(12)5-1-2-6(10)7(11)3-5/h1-2,5-6,12-13H,3-4,11H2;1-3,8,10-12H,4,9H2. The van der Waals surface area contributed by atoms with Gasteiger partial charge in [-0.3, -0.25) is 0 Å². The van der Waals surface area contributed by atoms with Crippen LogP contribution in [0.2, 0.25) is 0 Å². The molecule has 0 bridgehead atoms. The molecular weight excluding hydrogens is 322 g/mol. The minimum Gasteiger partial charge on any atom is -0.508 e. The molecule has 0 saturated carbocycles. The number of aromatic nitrogens is 1. The molecule has 1 unspecified atom stereocenters. The van der Waals surface area contributed by atoms with E-state index < -0.39 is 6.10 Å². The minimum atomic E-state index is -0.795. The molecule has 0 amide bonds. The zero-order chi connectivity index (χ0) is 18.4. The topological polar surface area (TPSA) is 149 Å². The molecule has 7 heteroatoms. The molecule has 1 atom stereocenters. The largest absolute Gasteiger partial charge is 0.508 e. The van der Waals surface area contributed by atoms with E-state index in [9.17, 15) is 10.2 Å². The smallest absolute Gasteiger partial charge is 0.157 e. The van der Waals surface area contributed by atoms with Crippen LogP contribution in [0.1, 0.15) is 17.2 Å². The van der Waals surface area contributed by atoms with Gasteiger partial charge in [-0.2, -0.15) is 0 Å². The van der Waals surface area contributed by atoms with Gasteiger partial charge in [-0.15, -0.1) is 0 Å². The monoisotopic (exact) mass is 345 g/mol. The molecule has 25 heavy (non-hydrogen) atoms. The van der Waals surface area contributed by atoms with Crippen LogP contribution in [0.15, 0.2) is 42.6 Å². The molecule has 0 saturated heterocycles. The molecule has 2 aromatic carbocycles. The summed E-state index contributed by atoms with van der Waals surface area (Å²) in [5.74, 6) is -0.159. The van der Waals surface area contributed by atoms with Crippen LogP contribution in [-0.2, 0) is 6.42 Å². The van der Waals surface area contributed by atoms with Crippen molar-refractivity contribution in [2.45, 2.75) is 12.5 Å². The molecule has 0 aliphatic rings. The maximum atomic E-state index is 9.30. The summed E-state index contributed by atoms with van der Waals surface area (Å²) in [5.41, 5.74) is 13.4. The van der Waals surface area contributed by atoms with Crippen LogP contribution in [0.5, 0.6) is 17.2 Å². The second-order valence-electron chi connectivity index (χ2n) is 5.58. The molecular formula is C18H23N3O4. The number of aromatic amines is 1. The minimum absolute atomic E-state index is 0.0875. The van der Waals surface area contributed by atoms with Crippen LogP contribution in [0.25, 0.3) is 10.9 Å². The van der Waals surface area contributed by atoms with Crippen molar-refractivity contribution in [3.05, 3.63) is 53.7 Å². The number of hydrogen-bond acceptors (Lipinski definition) is 6. The average molecular weight is 345 g/mol. The molecule has 1 aromatic heterocycles. The predicted octanol–water partition coefficient (Wildman–Crippen LogP) is 1.46. The Balaban J connectivity index is 0.000000181. The van der Waals surface area contributed by atoms with Crippen LogP contribution in [0.3, 0.4) is 0 Å². The number of rotatable bonds is 4. The van der Waals surface area contributed by atoms with E-state index in [1.807, 2.05) is 12.3 Å². The van der Waals surface area contributed by atoms with Gasteiger partial charge in [-0.25, -0.2) is 0 Å². The molecule has 0 aliphatic carbocycles. The number of fused-ring (bicyclic) bond motifs is 1. The summed E-state index contributed by atoms with van der Waals surface area (Å²) in [5, 5.41) is 37.6. The Morgan fingerprint density at radius 3 is 2.36 bits per heavy atom. The molecule has 0 aliphatic heterocycles. The first-order chi connectivity index (χ1) is 12.0. The van der Waals surface area contributed by atoms with Crippen LogP contribution in [0.4, 0.5) is 0 Å². The third-order valence-corrected chi connectivity index (χ3v) is 3.77. The van der Waals surface area contributed by atoms with Gasteiger partial charge in [-0.1, -0.05) is 6.07 Å². The molecule has 3 aromatic rings. The molecule has 0 spiro atoms. The molecule has 1 heterocycles. The highest BCUT2D eigenvalue weighted by atomic mass is 16.3. The van der Waals surface area contributed by atoms with Crippen molar-refractivity contribution in [3.63, 3.8) is 0 Å². The van der Waals surface area contributed by atoms with E-state index in [2.05, 4.69) is 4.98 Å². The van der Waals surface area contributed by atoms with Gasteiger partial charge in [0.1, 0.15) is 5.75 Å². The highest BCUT2D eigenvalue weighted by Crippen LogP contribution is 2.27. The van der Waals surface area contributed by atoms with E-state index in [0.717, 1.165) is 22.9 Å². The van der Waals surface area contributed by atoms with E-state index in [1.165, 1.54) is 18.2 Å². The summed E-state index contributed by atoms with van der Waals surface area (Å²) < 4.78 is 0. The predicted molar refractivity (Wildman–Crippen MR) is 96.5 cm³/mol. The first-order valence-corrected chi connectivity index (χ1v) is 7.85. The second kappa shape index (κ2) is 8.39. The number of benzene rings is 2. The molecule has 3 rings (SSSR count). The molecule has 0 fully saturated rings. The van der Waals surface area contributed by atoms with E-state index in [1.54, 1.807) is 12.1 Å². The summed E-state index contributed by atoms with van der Waals surface area (Å²) in [4.78, 5) is 3.13. The number of phenolic OH excluding ortho intramolecular Hbond substituents is 3. The number of aliphatic hydroxyl groups excluding tert-OH is 1. The number of aromatic hydroxyl groups is 3. The van der Waals surface area contributed by atoms with E-state index >= 15 is 0 Å². The second-order valence-corrected chi connectivity index (χ2v) is 5.58. The lowest BCUT2D eigenvalue weighted by Crippen LogP contribution is -2.11. The first-order valence-electron chi connectivity index (χ1n) is 7.85. The number of phenols is 3. The first kappa shape index (κ1) is 18.6. The van der Waals surface area contributed by atoms with Gasteiger partial charge in [0.15, 0.2) is 11.5 Å². The Labute approximate surface area is 145 Å². The Bertz CT molecular complexity index is 832. The summed E-state index contributed by atoms with van der Waals surface area (Å²) in [6.07, 6.45) is 1.98. The number of H-pyrrole nitrogens is 1. The van der Waals surface area contributed by atoms with Gasteiger partial charge in [0, 0.05) is 23.6 Å². The van der Waals surface area contributed by atoms with Crippen LogP contribution in [-0.4, -0.2) is 38.5 Å². The molecule has 9 N–H and O–H groups in total. The van der Waals surface area contributed by atoms with E-state index in [4.69, 9.17) is 21.7 Å². The fourth-order valence-electron chi connectivity index (χ4n) is 2.41. The van der Waals surface area contributed by atoms with Crippen LogP contribution < -0.4 is 11.5 Å². The van der Waals surface area contributed by atoms with Crippen molar-refractivity contribution < 1.29 is 20.4 Å². The SMILES string of the molecule is NCC(O)c1ccc(O)c(O)c1.NCCc1c[nH]c2ccc(O)cc12. The quantitative estimate of drug-likeness (QED) is 0.356. The fourth-order valence-corrected chi connectivity index (χ4v) is 2.41. The third-order valence-electron chi connectivity index (χ3n) is 3.77. The zero-order valence-corrected chi connectivity index (χ0v) is 13.7. The van der Waals surface area contributed by atoms with Crippen molar-refractivity contribution in [2.24, 2.45) is 11.5 Å². The van der Waals surface area contributed by atoms with Gasteiger partial charge in [-0.05, 0) is 54.4 Å². The lowest BCUT2D eigenvalue weighted by molar-refractivity contribution is 0.186. The number of aliphatic hydroxyl groups is 1. The van der Waals surface area contributed by atoms with Gasteiger partial charge in [0.25, 0.3) is 0 Å². The van der Waals surface area contributed by atoms with Crippen molar-refractivity contribution >= 4 is 10.9 Å². The van der Waals surface area contributed by atoms with Gasteiger partial charge in [0.05, 0.1) is 6.10 Å². The van der Waals surface area contributed by atoms with Crippen LogP contribution >= 0.6 is 0 Å². The number of nitrogens with two attached hydrogens (primary N) is 2. The third kappa shape index (κ3) is 4.63. The number of hydrogen-bond donors (Lipinski definition) is 7. The normalized spacial score (nSPS) is 11.8. The highest BCUT2D eigenvalue weighted by molar-refractivity contribution is 5.84. The van der Waals surface area contributed by atoms with Gasteiger partial charge >= 0.3 is 0 Å². The number of nitrogens with one attached hydrogen (secondary N) is 1. The lowest BCUT2D eigenvalue weighted by Gasteiger charge is -2.08. The summed E-state index contributed by atoms with van der Waals surface area (Å²) in [6.45, 7) is 0.715. The Morgan fingerprint density at radius 1 is 0.960 bits per heavy atom. The van der Waals surface area contributed by atoms with Crippen molar-refractivity contribution in [1.29, 1.82) is 0 Å². The summed E-state index contributed by atoms with van der Waals surface area (Å²) in [6, 6.07) is 9.40. The maximum Gasteiger partial charge on any atom is 0.157 e. The maximum absolute atomic E-state index is 9.30. The average Bonchev–Trinajstić information content (AvgIpc) is 3.00. The Hall–Kier alpha value is -2.74. The Kier molecular flexibility index (Phi) is 6.24. The highest BCUT2D eigenvalue weighted by Gasteiger charge is 2.07. The van der Waals surface area contributed by atoms with Crippen molar-refractivity contribution in [3.8, 4) is 17.2 Å². The van der Waals surface area contributed by atoms with Crippen LogP contribution in [0, 0.1) is 0 Å². The lowest BCUT2D eigenvalue weighted by atomic mass is 10.1. The fraction of sp³-hybridized carbons (Fsp3) is 0.222. The van der Waals surface area contributed by atoms with E-state index in [0.29, 0.717) is 17.9 Å². The summed E-state index contributed by atoms with van der Waals surface area (Å²) >= 11 is 0. The molecule has 134 valence electrons. The van der Waals surface area contributed by atoms with Crippen molar-refractivity contribution in [2.75, 3.05) is 13.1 Å². The molecule has 0 radical (unpaired) electrons. The Morgan fingerprint density at radius 2 is 1.72 bits per heavy atom. The molecule has 7 nitrogen and oxygen atoms in total. The van der Waals surface area contributed by atoms with Gasteiger partial charge < -0.3 is 36.9 Å². The van der Waals surface area contributed by atoms with E-state index in [-0.39, 0.29) is 18.0 Å². The van der Waals surface area contributed by atoms with Gasteiger partial charge in [0.2, 0.25) is 0 Å². The summed E-state index contributed by atoms with van der Waals surface area (Å²) in [7, 11) is 0. The van der Waals surface area contributed by atoms with Crippen molar-refractivity contribution in [1.82, 2.24) is 4.98 Å². The zero-order valence-electron chi connectivity index (χ0n) is 13.7.